The highest BCUT2D eigenvalue weighted by molar-refractivity contribution is 6.51. The number of hydrogen-bond acceptors (Lipinski definition) is 5. The average molecular weight is 461 g/mol. The molecule has 1 atom stereocenters. The minimum absolute atomic E-state index is 0.0443. The number of rotatable bonds is 8. The molecular formula is C27H25FN2O4. The number of halogens is 1. The second kappa shape index (κ2) is 10.3. The minimum Gasteiger partial charge on any atom is -0.507 e. The summed E-state index contributed by atoms with van der Waals surface area (Å²) in [4.78, 5) is 31.4. The van der Waals surface area contributed by atoms with Crippen molar-refractivity contribution >= 4 is 23.1 Å². The van der Waals surface area contributed by atoms with E-state index in [9.17, 15) is 19.1 Å². The molecule has 1 N–H and O–H groups in total. The van der Waals surface area contributed by atoms with E-state index in [0.717, 1.165) is 19.3 Å². The molecule has 174 valence electrons. The van der Waals surface area contributed by atoms with Crippen molar-refractivity contribution < 1.29 is 23.8 Å². The number of amides is 1. The highest BCUT2D eigenvalue weighted by atomic mass is 19.1. The fourth-order valence-electron chi connectivity index (χ4n) is 3.97. The van der Waals surface area contributed by atoms with Gasteiger partial charge in [0.2, 0.25) is 0 Å². The molecule has 1 aliphatic rings. The monoisotopic (exact) mass is 460 g/mol. The Kier molecular flexibility index (Phi) is 7.01. The van der Waals surface area contributed by atoms with Gasteiger partial charge in [-0.25, -0.2) is 4.39 Å². The molecule has 1 aliphatic heterocycles. The molecule has 1 fully saturated rings. The van der Waals surface area contributed by atoms with E-state index in [0.29, 0.717) is 29.2 Å². The van der Waals surface area contributed by atoms with Gasteiger partial charge in [-0.05, 0) is 72.6 Å². The van der Waals surface area contributed by atoms with Gasteiger partial charge < -0.3 is 9.84 Å². The summed E-state index contributed by atoms with van der Waals surface area (Å²) in [7, 11) is 0. The standard InChI is InChI=1S/C27H25FN2O4/c1-2-3-4-17-34-22-11-5-19(6-12-22)25(31)23-24(18-13-15-29-16-14-18)30(27(33)26(23)32)21-9-7-20(28)8-10-21/h5-16,24,31H,2-4,17H2,1H3/b25-23-. The maximum atomic E-state index is 13.5. The van der Waals surface area contributed by atoms with Gasteiger partial charge in [-0.1, -0.05) is 19.8 Å². The Balaban J connectivity index is 1.73. The molecule has 0 radical (unpaired) electrons. The van der Waals surface area contributed by atoms with Gasteiger partial charge in [0.25, 0.3) is 11.7 Å². The number of hydrogen-bond donors (Lipinski definition) is 1. The summed E-state index contributed by atoms with van der Waals surface area (Å²) in [6, 6.07) is 14.5. The third kappa shape index (κ3) is 4.69. The largest absolute Gasteiger partial charge is 0.507 e. The number of aromatic nitrogens is 1. The molecule has 1 aromatic heterocycles. The van der Waals surface area contributed by atoms with E-state index in [2.05, 4.69) is 11.9 Å². The molecule has 6 nitrogen and oxygen atoms in total. The molecular weight excluding hydrogens is 435 g/mol. The van der Waals surface area contributed by atoms with E-state index in [1.54, 1.807) is 48.8 Å². The van der Waals surface area contributed by atoms with Crippen LogP contribution in [-0.4, -0.2) is 28.4 Å². The van der Waals surface area contributed by atoms with Crippen molar-refractivity contribution in [1.29, 1.82) is 0 Å². The molecule has 0 spiro atoms. The molecule has 7 heteroatoms. The predicted octanol–water partition coefficient (Wildman–Crippen LogP) is 5.42. The third-order valence-electron chi connectivity index (χ3n) is 5.72. The highest BCUT2D eigenvalue weighted by Crippen LogP contribution is 2.42. The number of ether oxygens (including phenoxy) is 1. The van der Waals surface area contributed by atoms with E-state index in [4.69, 9.17) is 4.74 Å². The Labute approximate surface area is 197 Å². The first-order chi connectivity index (χ1) is 16.5. The molecule has 3 aromatic rings. The van der Waals surface area contributed by atoms with Gasteiger partial charge in [0.05, 0.1) is 18.2 Å². The van der Waals surface area contributed by atoms with E-state index in [1.165, 1.54) is 29.2 Å². The fraction of sp³-hybridized carbons (Fsp3) is 0.222. The van der Waals surface area contributed by atoms with Crippen LogP contribution in [0, 0.1) is 5.82 Å². The maximum Gasteiger partial charge on any atom is 0.300 e. The van der Waals surface area contributed by atoms with Gasteiger partial charge in [-0.15, -0.1) is 0 Å². The van der Waals surface area contributed by atoms with Crippen molar-refractivity contribution in [3.05, 3.63) is 95.6 Å². The number of aliphatic hydroxyl groups excluding tert-OH is 1. The van der Waals surface area contributed by atoms with Gasteiger partial charge in [-0.2, -0.15) is 0 Å². The summed E-state index contributed by atoms with van der Waals surface area (Å²) in [6.45, 7) is 2.72. The number of ketones is 1. The molecule has 1 amide bonds. The first kappa shape index (κ1) is 23.2. The molecule has 1 saturated heterocycles. The van der Waals surface area contributed by atoms with Gasteiger partial charge >= 0.3 is 0 Å². The first-order valence-electron chi connectivity index (χ1n) is 11.2. The number of unbranched alkanes of at least 4 members (excludes halogenated alkanes) is 2. The van der Waals surface area contributed by atoms with Crippen LogP contribution in [-0.2, 0) is 9.59 Å². The smallest absolute Gasteiger partial charge is 0.300 e. The van der Waals surface area contributed by atoms with Crippen LogP contribution in [0.15, 0.2) is 78.6 Å². The zero-order chi connectivity index (χ0) is 24.1. The van der Waals surface area contributed by atoms with Gasteiger partial charge in [0.1, 0.15) is 17.3 Å². The molecule has 0 aliphatic carbocycles. The van der Waals surface area contributed by atoms with E-state index in [-0.39, 0.29) is 11.3 Å². The van der Waals surface area contributed by atoms with Crippen molar-refractivity contribution in [2.24, 2.45) is 0 Å². The lowest BCUT2D eigenvalue weighted by Crippen LogP contribution is -2.29. The second-order valence-electron chi connectivity index (χ2n) is 8.01. The zero-order valence-corrected chi connectivity index (χ0v) is 18.8. The summed E-state index contributed by atoms with van der Waals surface area (Å²) in [6.07, 6.45) is 6.23. The van der Waals surface area contributed by atoms with Crippen LogP contribution in [0.25, 0.3) is 5.76 Å². The Morgan fingerprint density at radius 3 is 2.32 bits per heavy atom. The summed E-state index contributed by atoms with van der Waals surface area (Å²) < 4.78 is 19.2. The zero-order valence-electron chi connectivity index (χ0n) is 18.8. The molecule has 1 unspecified atom stereocenters. The number of pyridine rings is 1. The quantitative estimate of drug-likeness (QED) is 0.210. The summed E-state index contributed by atoms with van der Waals surface area (Å²) >= 11 is 0. The van der Waals surface area contributed by atoms with Crippen LogP contribution in [0.4, 0.5) is 10.1 Å². The topological polar surface area (TPSA) is 79.7 Å². The highest BCUT2D eigenvalue weighted by Gasteiger charge is 2.46. The summed E-state index contributed by atoms with van der Waals surface area (Å²) in [5.74, 6) is -1.71. The van der Waals surface area contributed by atoms with Gasteiger partial charge in [0.15, 0.2) is 0 Å². The molecule has 0 saturated carbocycles. The predicted molar refractivity (Wildman–Crippen MR) is 127 cm³/mol. The summed E-state index contributed by atoms with van der Waals surface area (Å²) in [5, 5.41) is 11.1. The van der Waals surface area contributed by atoms with Crippen LogP contribution in [0.5, 0.6) is 5.75 Å². The number of anilines is 1. The lowest BCUT2D eigenvalue weighted by atomic mass is 9.95. The van der Waals surface area contributed by atoms with Crippen molar-refractivity contribution in [2.75, 3.05) is 11.5 Å². The minimum atomic E-state index is -0.890. The fourth-order valence-corrected chi connectivity index (χ4v) is 3.97. The Bertz CT molecular complexity index is 1190. The van der Waals surface area contributed by atoms with Crippen molar-refractivity contribution in [1.82, 2.24) is 4.98 Å². The van der Waals surface area contributed by atoms with Crippen molar-refractivity contribution in [3.8, 4) is 5.75 Å². The molecule has 2 heterocycles. The molecule has 4 rings (SSSR count). The lowest BCUT2D eigenvalue weighted by Gasteiger charge is -2.25. The van der Waals surface area contributed by atoms with E-state index >= 15 is 0 Å². The van der Waals surface area contributed by atoms with Crippen LogP contribution in [0.1, 0.15) is 43.4 Å². The molecule has 34 heavy (non-hydrogen) atoms. The lowest BCUT2D eigenvalue weighted by molar-refractivity contribution is -0.132. The number of nitrogens with zero attached hydrogens (tertiary/aromatic N) is 2. The Morgan fingerprint density at radius 1 is 1.00 bits per heavy atom. The van der Waals surface area contributed by atoms with Crippen molar-refractivity contribution in [3.63, 3.8) is 0 Å². The number of aliphatic hydroxyl groups is 1. The van der Waals surface area contributed by atoms with Crippen LogP contribution in [0.2, 0.25) is 0 Å². The maximum absolute atomic E-state index is 13.5. The Morgan fingerprint density at radius 2 is 1.68 bits per heavy atom. The summed E-state index contributed by atoms with van der Waals surface area (Å²) in [5.41, 5.74) is 1.28. The Hall–Kier alpha value is -4.00. The third-order valence-corrected chi connectivity index (χ3v) is 5.72. The molecule has 2 aromatic carbocycles. The van der Waals surface area contributed by atoms with Gasteiger partial charge in [0, 0.05) is 23.6 Å². The number of Topliss-reactive ketones (excluding diaryl/α,β-unsaturated/α-hetero) is 1. The number of carbonyl (C=O) groups excluding carboxylic acids is 2. The van der Waals surface area contributed by atoms with Gasteiger partial charge in [-0.3, -0.25) is 19.5 Å². The molecule has 0 bridgehead atoms. The van der Waals surface area contributed by atoms with Crippen LogP contribution < -0.4 is 9.64 Å². The average Bonchev–Trinajstić information content (AvgIpc) is 3.13. The van der Waals surface area contributed by atoms with E-state index < -0.39 is 23.5 Å². The van der Waals surface area contributed by atoms with Crippen LogP contribution >= 0.6 is 0 Å². The second-order valence-corrected chi connectivity index (χ2v) is 8.01. The normalized spacial score (nSPS) is 17.2. The number of carbonyl (C=O) groups is 2. The van der Waals surface area contributed by atoms with Crippen LogP contribution in [0.3, 0.4) is 0 Å². The van der Waals surface area contributed by atoms with E-state index in [1.807, 2.05) is 0 Å². The van der Waals surface area contributed by atoms with Crippen molar-refractivity contribution in [2.45, 2.75) is 32.2 Å². The SMILES string of the molecule is CCCCCOc1ccc(/C(O)=C2/C(=O)C(=O)N(c3ccc(F)cc3)C2c2ccncc2)cc1. The first-order valence-corrected chi connectivity index (χ1v) is 11.2. The number of benzene rings is 2.